The van der Waals surface area contributed by atoms with Gasteiger partial charge in [-0.05, 0) is 72.3 Å². The maximum absolute atomic E-state index is 13.3. The SMILES string of the molecule is O=C1C(Nc2ccc(Cl)cc2)=CC(c2cccc(OC(F)F)c2)N1c1ccc(Cl)cc1. The quantitative estimate of drug-likeness (QED) is 0.446. The van der Waals surface area contributed by atoms with Gasteiger partial charge in [0.2, 0.25) is 0 Å². The van der Waals surface area contributed by atoms with Gasteiger partial charge in [0.15, 0.2) is 0 Å². The number of rotatable bonds is 6. The van der Waals surface area contributed by atoms with Crippen molar-refractivity contribution in [3.63, 3.8) is 0 Å². The number of halogens is 4. The fraction of sp³-hybridized carbons (Fsp3) is 0.0870. The number of nitrogens with zero attached hydrogens (tertiary/aromatic N) is 1. The molecule has 0 bridgehead atoms. The van der Waals surface area contributed by atoms with Crippen molar-refractivity contribution in [1.82, 2.24) is 0 Å². The summed E-state index contributed by atoms with van der Waals surface area (Å²) >= 11 is 11.9. The molecular formula is C23H16Cl2F2N2O2. The van der Waals surface area contributed by atoms with E-state index >= 15 is 0 Å². The van der Waals surface area contributed by atoms with Crippen LogP contribution in [0.5, 0.6) is 5.75 Å². The Bertz CT molecular complexity index is 1120. The molecule has 0 saturated heterocycles. The third-order valence-electron chi connectivity index (χ3n) is 4.70. The molecule has 1 unspecified atom stereocenters. The fourth-order valence-corrected chi connectivity index (χ4v) is 3.60. The molecule has 0 aromatic heterocycles. The van der Waals surface area contributed by atoms with Gasteiger partial charge >= 0.3 is 6.61 Å². The molecular weight excluding hydrogens is 445 g/mol. The molecule has 1 atom stereocenters. The van der Waals surface area contributed by atoms with Crippen LogP contribution in [0.3, 0.4) is 0 Å². The number of benzene rings is 3. The summed E-state index contributed by atoms with van der Waals surface area (Å²) in [5.41, 5.74) is 2.27. The Labute approximate surface area is 187 Å². The Morgan fingerprint density at radius 2 is 1.58 bits per heavy atom. The smallest absolute Gasteiger partial charge is 0.387 e. The van der Waals surface area contributed by atoms with Gasteiger partial charge in [0.1, 0.15) is 11.4 Å². The molecule has 8 heteroatoms. The third kappa shape index (κ3) is 4.81. The van der Waals surface area contributed by atoms with E-state index in [1.807, 2.05) is 0 Å². The second-order valence-corrected chi connectivity index (χ2v) is 7.63. The van der Waals surface area contributed by atoms with Gasteiger partial charge in [0.25, 0.3) is 5.91 Å². The van der Waals surface area contributed by atoms with Gasteiger partial charge < -0.3 is 10.1 Å². The van der Waals surface area contributed by atoms with Crippen LogP contribution in [-0.4, -0.2) is 12.5 Å². The largest absolute Gasteiger partial charge is 0.435 e. The number of alkyl halides is 2. The predicted molar refractivity (Wildman–Crippen MR) is 118 cm³/mol. The minimum Gasteiger partial charge on any atom is -0.435 e. The summed E-state index contributed by atoms with van der Waals surface area (Å²) in [5, 5.41) is 4.22. The molecule has 4 nitrogen and oxygen atoms in total. The van der Waals surface area contributed by atoms with Crippen LogP contribution >= 0.6 is 23.2 Å². The van der Waals surface area contributed by atoms with Gasteiger partial charge in [-0.25, -0.2) is 0 Å². The molecule has 3 aromatic carbocycles. The first kappa shape index (κ1) is 21.2. The minimum atomic E-state index is -2.94. The highest BCUT2D eigenvalue weighted by Crippen LogP contribution is 2.37. The van der Waals surface area contributed by atoms with Crippen molar-refractivity contribution in [2.45, 2.75) is 12.7 Å². The number of carbonyl (C=O) groups is 1. The molecule has 1 N–H and O–H groups in total. The van der Waals surface area contributed by atoms with Crippen molar-refractivity contribution < 1.29 is 18.3 Å². The molecule has 1 aliphatic rings. The third-order valence-corrected chi connectivity index (χ3v) is 5.21. The summed E-state index contributed by atoms with van der Waals surface area (Å²) in [6.07, 6.45) is 1.74. The highest BCUT2D eigenvalue weighted by Gasteiger charge is 2.35. The van der Waals surface area contributed by atoms with Crippen molar-refractivity contribution in [3.05, 3.63) is 100 Å². The fourth-order valence-electron chi connectivity index (χ4n) is 3.34. The van der Waals surface area contributed by atoms with E-state index in [-0.39, 0.29) is 11.7 Å². The number of carbonyl (C=O) groups excluding carboxylic acids is 1. The van der Waals surface area contributed by atoms with Crippen molar-refractivity contribution in [2.75, 3.05) is 10.2 Å². The van der Waals surface area contributed by atoms with Crippen molar-refractivity contribution >= 4 is 40.5 Å². The van der Waals surface area contributed by atoms with Crippen LogP contribution < -0.4 is 15.0 Å². The summed E-state index contributed by atoms with van der Waals surface area (Å²) in [6, 6.07) is 19.5. The number of hydrogen-bond acceptors (Lipinski definition) is 3. The first-order valence-electron chi connectivity index (χ1n) is 9.29. The van der Waals surface area contributed by atoms with Gasteiger partial charge in [-0.15, -0.1) is 0 Å². The Hall–Kier alpha value is -3.09. The van der Waals surface area contributed by atoms with Gasteiger partial charge in [-0.3, -0.25) is 9.69 Å². The standard InChI is InChI=1S/C23H16Cl2F2N2O2/c24-15-4-8-17(9-5-15)28-20-13-21(14-2-1-3-19(12-14)31-23(26)27)29(22(20)30)18-10-6-16(25)7-11-18/h1-13,21,23,28H. The Morgan fingerprint density at radius 1 is 0.935 bits per heavy atom. The Morgan fingerprint density at radius 3 is 2.23 bits per heavy atom. The van der Waals surface area contributed by atoms with Crippen LogP contribution in [0.15, 0.2) is 84.6 Å². The van der Waals surface area contributed by atoms with Crippen LogP contribution in [0, 0.1) is 0 Å². The van der Waals surface area contributed by atoms with E-state index < -0.39 is 12.7 Å². The molecule has 1 heterocycles. The van der Waals surface area contributed by atoms with Gasteiger partial charge in [-0.2, -0.15) is 8.78 Å². The Kier molecular flexibility index (Phi) is 6.11. The summed E-state index contributed by atoms with van der Waals surface area (Å²) in [6.45, 7) is -2.94. The summed E-state index contributed by atoms with van der Waals surface area (Å²) < 4.78 is 29.9. The van der Waals surface area contributed by atoms with Crippen molar-refractivity contribution in [3.8, 4) is 5.75 Å². The van der Waals surface area contributed by atoms with Gasteiger partial charge in [0, 0.05) is 21.4 Å². The van der Waals surface area contributed by atoms with Crippen molar-refractivity contribution in [2.24, 2.45) is 0 Å². The zero-order chi connectivity index (χ0) is 22.0. The lowest BCUT2D eigenvalue weighted by molar-refractivity contribution is -0.114. The lowest BCUT2D eigenvalue weighted by atomic mass is 10.1. The van der Waals surface area contributed by atoms with E-state index in [1.165, 1.54) is 12.1 Å². The van der Waals surface area contributed by atoms with Gasteiger partial charge in [0.05, 0.1) is 6.04 Å². The second kappa shape index (κ2) is 8.96. The normalized spacial score (nSPS) is 15.9. The number of anilines is 2. The van der Waals surface area contributed by atoms with E-state index in [1.54, 1.807) is 71.6 Å². The highest BCUT2D eigenvalue weighted by atomic mass is 35.5. The number of ether oxygens (including phenoxy) is 1. The molecule has 1 amide bonds. The first-order chi connectivity index (χ1) is 14.9. The zero-order valence-electron chi connectivity index (χ0n) is 15.9. The number of hydrogen-bond donors (Lipinski definition) is 1. The van der Waals surface area contributed by atoms with Gasteiger partial charge in [-0.1, -0.05) is 35.3 Å². The summed E-state index contributed by atoms with van der Waals surface area (Å²) in [7, 11) is 0. The summed E-state index contributed by atoms with van der Waals surface area (Å²) in [4.78, 5) is 14.9. The molecule has 0 fully saturated rings. The molecule has 0 spiro atoms. The molecule has 3 aromatic rings. The summed E-state index contributed by atoms with van der Waals surface area (Å²) in [5.74, 6) is -0.258. The minimum absolute atomic E-state index is 0.0171. The zero-order valence-corrected chi connectivity index (χ0v) is 17.4. The maximum atomic E-state index is 13.3. The molecule has 0 radical (unpaired) electrons. The van der Waals surface area contributed by atoms with E-state index in [0.717, 1.165) is 0 Å². The second-order valence-electron chi connectivity index (χ2n) is 6.76. The first-order valence-corrected chi connectivity index (χ1v) is 10.0. The predicted octanol–water partition coefficient (Wildman–Crippen LogP) is 6.68. The van der Waals surface area contributed by atoms with E-state index in [4.69, 9.17) is 23.2 Å². The van der Waals surface area contributed by atoms with Crippen LogP contribution in [0.4, 0.5) is 20.2 Å². The van der Waals surface area contributed by atoms with Crippen LogP contribution in [-0.2, 0) is 4.79 Å². The molecule has 31 heavy (non-hydrogen) atoms. The molecule has 1 aliphatic heterocycles. The Balaban J connectivity index is 1.72. The van der Waals surface area contributed by atoms with E-state index in [9.17, 15) is 13.6 Å². The number of nitrogens with one attached hydrogen (secondary N) is 1. The average molecular weight is 461 g/mol. The molecule has 0 saturated carbocycles. The van der Waals surface area contributed by atoms with Crippen LogP contribution in [0.1, 0.15) is 11.6 Å². The van der Waals surface area contributed by atoms with Crippen LogP contribution in [0.25, 0.3) is 0 Å². The molecule has 158 valence electrons. The topological polar surface area (TPSA) is 41.6 Å². The maximum Gasteiger partial charge on any atom is 0.387 e. The van der Waals surface area contributed by atoms with Crippen LogP contribution in [0.2, 0.25) is 10.0 Å². The molecule has 0 aliphatic carbocycles. The lowest BCUT2D eigenvalue weighted by Crippen LogP contribution is -2.30. The van der Waals surface area contributed by atoms with Crippen molar-refractivity contribution in [1.29, 1.82) is 0 Å². The monoisotopic (exact) mass is 460 g/mol. The molecule has 4 rings (SSSR count). The van der Waals surface area contributed by atoms with E-state index in [2.05, 4.69) is 10.1 Å². The highest BCUT2D eigenvalue weighted by molar-refractivity contribution is 6.31. The average Bonchev–Trinajstić information content (AvgIpc) is 3.06. The number of amides is 1. The lowest BCUT2D eigenvalue weighted by Gasteiger charge is -2.25. The van der Waals surface area contributed by atoms with E-state index in [0.29, 0.717) is 32.7 Å².